The highest BCUT2D eigenvalue weighted by molar-refractivity contribution is 7.97. The first-order chi connectivity index (χ1) is 14.3. The Kier molecular flexibility index (Phi) is 5.28. The monoisotopic (exact) mass is 412 g/mol. The number of anilines is 1. The predicted octanol–water partition coefficient (Wildman–Crippen LogP) is 4.06. The molecule has 4 nitrogen and oxygen atoms in total. The van der Waals surface area contributed by atoms with Crippen LogP contribution in [0, 0.1) is 5.92 Å². The summed E-state index contributed by atoms with van der Waals surface area (Å²) in [6.45, 7) is 10.0. The smallest absolute Gasteiger partial charge is 0.0379 e. The summed E-state index contributed by atoms with van der Waals surface area (Å²) in [5, 5.41) is 0. The van der Waals surface area contributed by atoms with Crippen molar-refractivity contribution in [2.24, 2.45) is 5.92 Å². The topological polar surface area (TPSA) is 13.0 Å². The Labute approximate surface area is 180 Å². The molecule has 0 spiro atoms. The maximum absolute atomic E-state index is 2.78. The summed E-state index contributed by atoms with van der Waals surface area (Å²) in [6, 6.07) is 8.95. The Bertz CT molecular complexity index is 718. The van der Waals surface area contributed by atoms with E-state index in [2.05, 4.69) is 49.2 Å². The quantitative estimate of drug-likeness (QED) is 0.693. The fourth-order valence-electron chi connectivity index (χ4n) is 6.52. The van der Waals surface area contributed by atoms with Crippen molar-refractivity contribution in [2.45, 2.75) is 68.5 Å². The van der Waals surface area contributed by atoms with Crippen molar-refractivity contribution in [3.8, 4) is 0 Å². The summed E-state index contributed by atoms with van der Waals surface area (Å²) >= 11 is 2.05. The molecule has 5 fully saturated rings. The van der Waals surface area contributed by atoms with Crippen molar-refractivity contribution < 1.29 is 0 Å². The van der Waals surface area contributed by atoms with E-state index < -0.39 is 0 Å². The van der Waals surface area contributed by atoms with E-state index in [0.29, 0.717) is 0 Å². The van der Waals surface area contributed by atoms with Crippen LogP contribution >= 0.6 is 11.9 Å². The summed E-state index contributed by atoms with van der Waals surface area (Å²) in [7, 11) is 0. The summed E-state index contributed by atoms with van der Waals surface area (Å²) in [5.74, 6) is 0.925. The number of hydrogen-bond acceptors (Lipinski definition) is 5. The molecule has 5 aliphatic heterocycles. The molecule has 5 heteroatoms. The Morgan fingerprint density at radius 1 is 0.828 bits per heavy atom. The van der Waals surface area contributed by atoms with Gasteiger partial charge in [0.15, 0.2) is 0 Å². The van der Waals surface area contributed by atoms with E-state index in [-0.39, 0.29) is 0 Å². The highest BCUT2D eigenvalue weighted by atomic mass is 32.2. The van der Waals surface area contributed by atoms with Crippen LogP contribution in [0.1, 0.15) is 50.5 Å². The molecule has 2 bridgehead atoms. The number of benzene rings is 1. The second-order valence-electron chi connectivity index (χ2n) is 9.98. The van der Waals surface area contributed by atoms with E-state index in [0.717, 1.165) is 24.5 Å². The van der Waals surface area contributed by atoms with Crippen molar-refractivity contribution in [3.05, 3.63) is 23.8 Å². The fraction of sp³-hybridized carbons (Fsp3) is 0.750. The summed E-state index contributed by atoms with van der Waals surface area (Å²) in [4.78, 5) is 9.63. The molecule has 0 unspecified atom stereocenters. The van der Waals surface area contributed by atoms with Crippen LogP contribution in [-0.4, -0.2) is 72.0 Å². The van der Waals surface area contributed by atoms with Crippen molar-refractivity contribution in [2.75, 3.05) is 50.7 Å². The lowest BCUT2D eigenvalue weighted by molar-refractivity contribution is 0.0420. The first-order valence-electron chi connectivity index (χ1n) is 12.1. The molecule has 1 aromatic carbocycles. The van der Waals surface area contributed by atoms with Gasteiger partial charge in [-0.25, -0.2) is 4.31 Å². The minimum absolute atomic E-state index is 0.761. The molecule has 1 atom stereocenters. The van der Waals surface area contributed by atoms with Gasteiger partial charge in [-0.05, 0) is 74.3 Å². The Hall–Kier alpha value is -0.750. The molecule has 7 rings (SSSR count). The highest BCUT2D eigenvalue weighted by Crippen LogP contribution is 2.44. The van der Waals surface area contributed by atoms with Crippen LogP contribution in [0.15, 0.2) is 23.1 Å². The third-order valence-corrected chi connectivity index (χ3v) is 9.57. The Morgan fingerprint density at radius 3 is 2.34 bits per heavy atom. The molecule has 158 valence electrons. The standard InChI is InChI=1S/C24H36N4S/c1-2-4-21(5-3-1)26-12-14-27(15-13-26)22-7-6-20-17-28(29-24(20)16-22)23-18-25-10-8-19(23)9-11-25/h6-7,16,19,21,23H,1-5,8-15,17-18H2/t23-/m1/s1. The van der Waals surface area contributed by atoms with Gasteiger partial charge >= 0.3 is 0 Å². The van der Waals surface area contributed by atoms with Gasteiger partial charge in [-0.1, -0.05) is 25.3 Å². The number of hydrogen-bond donors (Lipinski definition) is 0. The zero-order chi connectivity index (χ0) is 19.2. The molecule has 1 aliphatic carbocycles. The van der Waals surface area contributed by atoms with E-state index in [4.69, 9.17) is 0 Å². The SMILES string of the molecule is c1cc2c(cc1N1CCN(C3CCCCC3)CC1)SN([C@@H]1CN3CCC1CC3)C2. The highest BCUT2D eigenvalue weighted by Gasteiger charge is 2.40. The van der Waals surface area contributed by atoms with Crippen LogP contribution in [0.3, 0.4) is 0 Å². The molecule has 29 heavy (non-hydrogen) atoms. The molecule has 1 aromatic rings. The number of piperidine rings is 3. The van der Waals surface area contributed by atoms with Gasteiger partial charge in [0.2, 0.25) is 0 Å². The zero-order valence-electron chi connectivity index (χ0n) is 17.8. The first-order valence-corrected chi connectivity index (χ1v) is 12.9. The molecule has 5 heterocycles. The minimum Gasteiger partial charge on any atom is -0.369 e. The van der Waals surface area contributed by atoms with Crippen LogP contribution in [0.2, 0.25) is 0 Å². The van der Waals surface area contributed by atoms with Gasteiger partial charge in [-0.3, -0.25) is 4.90 Å². The lowest BCUT2D eigenvalue weighted by Gasteiger charge is -2.47. The average Bonchev–Trinajstić information content (AvgIpc) is 3.24. The van der Waals surface area contributed by atoms with Gasteiger partial charge in [0, 0.05) is 61.9 Å². The molecule has 0 amide bonds. The zero-order valence-corrected chi connectivity index (χ0v) is 18.6. The first kappa shape index (κ1) is 19.0. The molecular weight excluding hydrogens is 376 g/mol. The van der Waals surface area contributed by atoms with E-state index in [9.17, 15) is 0 Å². The molecule has 0 radical (unpaired) electrons. The van der Waals surface area contributed by atoms with Gasteiger partial charge < -0.3 is 9.80 Å². The van der Waals surface area contributed by atoms with Crippen molar-refractivity contribution >= 4 is 17.6 Å². The van der Waals surface area contributed by atoms with E-state index in [1.54, 1.807) is 5.56 Å². The number of piperazine rings is 1. The van der Waals surface area contributed by atoms with Gasteiger partial charge in [0.1, 0.15) is 0 Å². The van der Waals surface area contributed by atoms with E-state index in [1.165, 1.54) is 101 Å². The second kappa shape index (κ2) is 8.07. The molecule has 1 saturated carbocycles. The molecule has 0 aromatic heterocycles. The summed E-state index contributed by atoms with van der Waals surface area (Å²) in [5.41, 5.74) is 3.01. The Morgan fingerprint density at radius 2 is 1.62 bits per heavy atom. The van der Waals surface area contributed by atoms with Crippen molar-refractivity contribution in [3.63, 3.8) is 0 Å². The molecule has 0 N–H and O–H groups in total. The van der Waals surface area contributed by atoms with Gasteiger partial charge in [0.25, 0.3) is 0 Å². The number of rotatable bonds is 3. The van der Waals surface area contributed by atoms with Crippen LogP contribution < -0.4 is 4.90 Å². The Balaban J connectivity index is 1.09. The largest absolute Gasteiger partial charge is 0.369 e. The normalized spacial score (nSPS) is 33.9. The summed E-state index contributed by atoms with van der Waals surface area (Å²) in [6.07, 6.45) is 10.0. The minimum atomic E-state index is 0.761. The van der Waals surface area contributed by atoms with Gasteiger partial charge in [-0.2, -0.15) is 0 Å². The average molecular weight is 413 g/mol. The van der Waals surface area contributed by atoms with Gasteiger partial charge in [-0.15, -0.1) is 0 Å². The fourth-order valence-corrected chi connectivity index (χ4v) is 7.77. The maximum atomic E-state index is 2.78. The van der Waals surface area contributed by atoms with Crippen molar-refractivity contribution in [1.29, 1.82) is 0 Å². The summed E-state index contributed by atoms with van der Waals surface area (Å²) < 4.78 is 2.71. The molecule has 4 saturated heterocycles. The van der Waals surface area contributed by atoms with E-state index >= 15 is 0 Å². The number of fused-ring (bicyclic) bond motifs is 4. The van der Waals surface area contributed by atoms with Crippen LogP contribution in [0.4, 0.5) is 5.69 Å². The molecular formula is C24H36N4S. The van der Waals surface area contributed by atoms with Crippen LogP contribution in [-0.2, 0) is 6.54 Å². The third-order valence-electron chi connectivity index (χ3n) is 8.35. The van der Waals surface area contributed by atoms with E-state index in [1.807, 2.05) is 0 Å². The predicted molar refractivity (Wildman–Crippen MR) is 121 cm³/mol. The maximum Gasteiger partial charge on any atom is 0.0379 e. The molecule has 6 aliphatic rings. The number of nitrogens with zero attached hydrogens (tertiary/aromatic N) is 4. The van der Waals surface area contributed by atoms with Crippen molar-refractivity contribution in [1.82, 2.24) is 14.1 Å². The lowest BCUT2D eigenvalue weighted by Crippen LogP contribution is -2.54. The lowest BCUT2D eigenvalue weighted by atomic mass is 9.84. The third kappa shape index (κ3) is 3.73. The van der Waals surface area contributed by atoms with Gasteiger partial charge in [0.05, 0.1) is 0 Å². The van der Waals surface area contributed by atoms with Crippen LogP contribution in [0.25, 0.3) is 0 Å². The van der Waals surface area contributed by atoms with Crippen LogP contribution in [0.5, 0.6) is 0 Å². The second-order valence-corrected chi connectivity index (χ2v) is 11.1.